The Morgan fingerprint density at radius 3 is 0.793 bits per heavy atom. The Hall–Kier alpha value is -2.46. The van der Waals surface area contributed by atoms with E-state index in [9.17, 15) is 43.2 Å². The molecule has 17 nitrogen and oxygen atoms in total. The average Bonchev–Trinajstić information content (AvgIpc) is 3.20. The summed E-state index contributed by atoms with van der Waals surface area (Å²) in [5.41, 5.74) is 0. The summed E-state index contributed by atoms with van der Waals surface area (Å²) >= 11 is 0. The van der Waals surface area contributed by atoms with Gasteiger partial charge in [0.1, 0.15) is 19.3 Å². The first kappa shape index (κ1) is 89.5. The number of hydrogen-bond donors (Lipinski definition) is 3. The van der Waals surface area contributed by atoms with Crippen molar-refractivity contribution in [1.82, 2.24) is 0 Å². The molecule has 5 atom stereocenters. The number of esters is 4. The molecule has 0 rings (SSSR count). The minimum Gasteiger partial charge on any atom is -0.462 e. The van der Waals surface area contributed by atoms with Crippen LogP contribution < -0.4 is 0 Å². The fourth-order valence-electron chi connectivity index (χ4n) is 10.7. The number of carbonyl (C=O) groups is 4. The molecule has 0 bridgehead atoms. The molecule has 92 heavy (non-hydrogen) atoms. The van der Waals surface area contributed by atoms with E-state index in [-0.39, 0.29) is 25.7 Å². The van der Waals surface area contributed by atoms with Crippen LogP contribution in [0.25, 0.3) is 0 Å². The summed E-state index contributed by atoms with van der Waals surface area (Å²) in [5, 5.41) is 10.6. The highest BCUT2D eigenvalue weighted by Crippen LogP contribution is 2.45. The molecular weight excluding hydrogens is 1210 g/mol. The van der Waals surface area contributed by atoms with Crippen LogP contribution in [0.15, 0.2) is 24.3 Å². The molecular formula is C73H138O17P2. The molecule has 3 N–H and O–H groups in total. The molecule has 19 heteroatoms. The number of carbonyl (C=O) groups excluding carboxylic acids is 4. The van der Waals surface area contributed by atoms with E-state index in [2.05, 4.69) is 52.0 Å². The molecule has 0 fully saturated rings. The molecule has 0 aliphatic carbocycles. The second-order valence-electron chi connectivity index (χ2n) is 25.6. The Kier molecular flexibility index (Phi) is 65.3. The topological polar surface area (TPSA) is 237 Å². The fraction of sp³-hybridized carbons (Fsp3) is 0.890. The fourth-order valence-corrected chi connectivity index (χ4v) is 12.3. The van der Waals surface area contributed by atoms with E-state index < -0.39 is 97.5 Å². The standard InChI is InChI=1S/C73H138O17P2/c1-5-9-13-17-21-24-27-30-33-36-39-42-46-50-54-58-71(76)84-64-69(90-73(78)60-56-52-48-44-41-38-35-32-29-26-23-19-15-11-7-3)66-88-92(81,82)86-62-67(74)61-85-91(79,80)87-65-68(63-83-70(75)57-53-49-45-20-16-12-8-4)89-72(77)59-55-51-47-43-40-37-34-31-28-25-22-18-14-10-6-2/h26,29,32,35,67-69,74H,5-25,27-28,30-31,33-34,36-66H2,1-4H3,(H,79,80)(H,81,82)/b29-26-,35-32-/t67-,68+,69+/m0/s1. The van der Waals surface area contributed by atoms with Gasteiger partial charge in [-0.05, 0) is 51.4 Å². The van der Waals surface area contributed by atoms with Crippen LogP contribution in [0.2, 0.25) is 0 Å². The van der Waals surface area contributed by atoms with Crippen molar-refractivity contribution in [2.75, 3.05) is 39.6 Å². The monoisotopic (exact) mass is 1350 g/mol. The van der Waals surface area contributed by atoms with Crippen molar-refractivity contribution in [3.63, 3.8) is 0 Å². The number of rotatable bonds is 72. The summed E-state index contributed by atoms with van der Waals surface area (Å²) in [6, 6.07) is 0. The van der Waals surface area contributed by atoms with E-state index in [0.717, 1.165) is 116 Å². The second kappa shape index (κ2) is 67.1. The maximum absolute atomic E-state index is 13.0. The highest BCUT2D eigenvalue weighted by atomic mass is 31.2. The van der Waals surface area contributed by atoms with Crippen LogP contribution >= 0.6 is 15.6 Å². The number of aliphatic hydroxyl groups excluding tert-OH is 1. The van der Waals surface area contributed by atoms with Gasteiger partial charge in [0, 0.05) is 25.7 Å². The lowest BCUT2D eigenvalue weighted by Crippen LogP contribution is -2.30. The number of unbranched alkanes of at least 4 members (excludes halogenated alkanes) is 43. The van der Waals surface area contributed by atoms with E-state index in [1.165, 1.54) is 167 Å². The molecule has 542 valence electrons. The molecule has 0 heterocycles. The van der Waals surface area contributed by atoms with Crippen LogP contribution in [-0.2, 0) is 65.4 Å². The zero-order valence-corrected chi connectivity index (χ0v) is 60.8. The molecule has 0 saturated carbocycles. The third-order valence-electron chi connectivity index (χ3n) is 16.5. The van der Waals surface area contributed by atoms with E-state index in [1.54, 1.807) is 0 Å². The van der Waals surface area contributed by atoms with E-state index in [4.69, 9.17) is 37.0 Å². The van der Waals surface area contributed by atoms with Crippen LogP contribution in [0.5, 0.6) is 0 Å². The van der Waals surface area contributed by atoms with Crippen LogP contribution in [0.1, 0.15) is 362 Å². The van der Waals surface area contributed by atoms with Crippen molar-refractivity contribution in [3.8, 4) is 0 Å². The molecule has 0 aromatic heterocycles. The van der Waals surface area contributed by atoms with Crippen LogP contribution in [0, 0.1) is 0 Å². The smallest absolute Gasteiger partial charge is 0.462 e. The lowest BCUT2D eigenvalue weighted by Gasteiger charge is -2.21. The lowest BCUT2D eigenvalue weighted by atomic mass is 10.0. The number of phosphoric acid groups is 2. The summed E-state index contributed by atoms with van der Waals surface area (Å²) in [7, 11) is -9.91. The molecule has 0 radical (unpaired) electrons. The van der Waals surface area contributed by atoms with Gasteiger partial charge in [-0.2, -0.15) is 0 Å². The van der Waals surface area contributed by atoms with Gasteiger partial charge in [-0.25, -0.2) is 9.13 Å². The van der Waals surface area contributed by atoms with Crippen LogP contribution in [-0.4, -0.2) is 96.7 Å². The number of allylic oxidation sites excluding steroid dienone is 4. The maximum Gasteiger partial charge on any atom is 0.472 e. The van der Waals surface area contributed by atoms with Crippen LogP contribution in [0.3, 0.4) is 0 Å². The first-order chi connectivity index (χ1) is 44.7. The van der Waals surface area contributed by atoms with Gasteiger partial charge in [-0.15, -0.1) is 0 Å². The van der Waals surface area contributed by atoms with E-state index in [0.29, 0.717) is 25.7 Å². The molecule has 0 aliphatic heterocycles. The Morgan fingerprint density at radius 2 is 0.522 bits per heavy atom. The minimum atomic E-state index is -4.96. The van der Waals surface area contributed by atoms with E-state index in [1.807, 2.05) is 0 Å². The largest absolute Gasteiger partial charge is 0.472 e. The van der Waals surface area contributed by atoms with Gasteiger partial charge in [0.05, 0.1) is 26.4 Å². The van der Waals surface area contributed by atoms with Crippen LogP contribution in [0.4, 0.5) is 0 Å². The first-order valence-electron chi connectivity index (χ1n) is 37.6. The molecule has 0 aliphatic rings. The molecule has 0 saturated heterocycles. The number of ether oxygens (including phenoxy) is 4. The number of phosphoric ester groups is 2. The van der Waals surface area contributed by atoms with Crippen molar-refractivity contribution in [2.45, 2.75) is 380 Å². The van der Waals surface area contributed by atoms with Crippen molar-refractivity contribution in [1.29, 1.82) is 0 Å². The second-order valence-corrected chi connectivity index (χ2v) is 28.6. The van der Waals surface area contributed by atoms with E-state index >= 15 is 0 Å². The summed E-state index contributed by atoms with van der Waals surface area (Å²) in [6.45, 7) is 4.87. The SMILES string of the molecule is CCCCCC/C=C\C=C/CCCCCCCC(=O)O[C@H](COC(=O)CCCCCCCCCCCCCCCCC)COP(=O)(O)OC[C@@H](O)COP(=O)(O)OC[C@@H](COC(=O)CCCCCCCCC)OC(=O)CCCCCCCCCCCCCCCCC. The highest BCUT2D eigenvalue weighted by molar-refractivity contribution is 7.47. The summed E-state index contributed by atoms with van der Waals surface area (Å²) in [6.07, 6.45) is 59.1. The predicted octanol–water partition coefficient (Wildman–Crippen LogP) is 21.0. The van der Waals surface area contributed by atoms with Gasteiger partial charge >= 0.3 is 39.5 Å². The molecule has 0 aromatic carbocycles. The van der Waals surface area contributed by atoms with Gasteiger partial charge in [-0.1, -0.05) is 309 Å². The summed E-state index contributed by atoms with van der Waals surface area (Å²) in [5.74, 6) is -2.15. The minimum absolute atomic E-state index is 0.0859. The first-order valence-corrected chi connectivity index (χ1v) is 40.6. The molecule has 0 aromatic rings. The Balaban J connectivity index is 5.23. The van der Waals surface area contributed by atoms with Crippen molar-refractivity contribution < 1.29 is 80.2 Å². The van der Waals surface area contributed by atoms with Gasteiger partial charge in [-0.3, -0.25) is 37.3 Å². The number of aliphatic hydroxyl groups is 1. The Bertz CT molecular complexity index is 1850. The zero-order valence-electron chi connectivity index (χ0n) is 59.0. The number of hydrogen-bond acceptors (Lipinski definition) is 15. The zero-order chi connectivity index (χ0) is 67.5. The van der Waals surface area contributed by atoms with Gasteiger partial charge in [0.25, 0.3) is 0 Å². The van der Waals surface area contributed by atoms with Crippen molar-refractivity contribution >= 4 is 39.5 Å². The lowest BCUT2D eigenvalue weighted by molar-refractivity contribution is -0.161. The van der Waals surface area contributed by atoms with Gasteiger partial charge in [0.2, 0.25) is 0 Å². The Labute approximate surface area is 561 Å². The summed E-state index contributed by atoms with van der Waals surface area (Å²) < 4.78 is 68.3. The molecule has 2 unspecified atom stereocenters. The van der Waals surface area contributed by atoms with Crippen molar-refractivity contribution in [2.24, 2.45) is 0 Å². The van der Waals surface area contributed by atoms with Gasteiger partial charge < -0.3 is 33.8 Å². The molecule has 0 spiro atoms. The quantitative estimate of drug-likeness (QED) is 0.0169. The highest BCUT2D eigenvalue weighted by Gasteiger charge is 2.30. The Morgan fingerprint density at radius 1 is 0.304 bits per heavy atom. The third-order valence-corrected chi connectivity index (χ3v) is 18.4. The predicted molar refractivity (Wildman–Crippen MR) is 372 cm³/mol. The maximum atomic E-state index is 13.0. The normalized spacial score (nSPS) is 14.1. The third kappa shape index (κ3) is 66.2. The van der Waals surface area contributed by atoms with Gasteiger partial charge in [0.15, 0.2) is 12.2 Å². The van der Waals surface area contributed by atoms with Crippen molar-refractivity contribution in [3.05, 3.63) is 24.3 Å². The molecule has 0 amide bonds. The summed E-state index contributed by atoms with van der Waals surface area (Å²) in [4.78, 5) is 72.5. The average molecular weight is 1350 g/mol.